The second kappa shape index (κ2) is 7.95. The summed E-state index contributed by atoms with van der Waals surface area (Å²) < 4.78 is 32.6. The summed E-state index contributed by atoms with van der Waals surface area (Å²) >= 11 is 0. The minimum atomic E-state index is -4.71. The molecule has 1 heterocycles. The van der Waals surface area contributed by atoms with Gasteiger partial charge in [-0.2, -0.15) is 0 Å². The number of amides is 1. The van der Waals surface area contributed by atoms with Gasteiger partial charge in [0.2, 0.25) is 0 Å². The maximum absolute atomic E-state index is 11.7. The number of pyridine rings is 1. The molecule has 0 spiro atoms. The average molecular weight is 320 g/mol. The first kappa shape index (κ1) is 22.4. The van der Waals surface area contributed by atoms with Gasteiger partial charge in [-0.3, -0.25) is 9.59 Å². The molecule has 0 fully saturated rings. The molecule has 1 amide bonds. The zero-order valence-corrected chi connectivity index (χ0v) is 16.4. The number of rotatable bonds is 3. The molecule has 0 aliphatic heterocycles. The second-order valence-corrected chi connectivity index (χ2v) is 5.12. The van der Waals surface area contributed by atoms with Crippen molar-refractivity contribution in [1.29, 1.82) is 0 Å². The Labute approximate surface area is 159 Å². The normalized spacial score (nSPS) is 10.3. The van der Waals surface area contributed by atoms with Gasteiger partial charge >= 0.3 is 59.1 Å². The van der Waals surface area contributed by atoms with Crippen molar-refractivity contribution in [3.05, 3.63) is 27.0 Å². The first-order valence-corrected chi connectivity index (χ1v) is 6.27. The first-order chi connectivity index (χ1) is 8.06. The molecule has 0 radical (unpaired) electrons. The van der Waals surface area contributed by atoms with Crippen molar-refractivity contribution in [3.8, 4) is 5.88 Å². The average Bonchev–Trinajstić information content (AvgIpc) is 2.20. The van der Waals surface area contributed by atoms with Crippen LogP contribution in [0.15, 0.2) is 4.79 Å². The predicted octanol–water partition coefficient (Wildman–Crippen LogP) is -8.08. The third-order valence-corrected chi connectivity index (χ3v) is 3.12. The van der Waals surface area contributed by atoms with E-state index in [-0.39, 0.29) is 64.7 Å². The predicted molar refractivity (Wildman–Crippen MR) is 57.8 cm³/mol. The monoisotopic (exact) mass is 320 g/mol. The van der Waals surface area contributed by atoms with E-state index < -0.39 is 44.3 Å². The van der Waals surface area contributed by atoms with E-state index >= 15 is 0 Å². The molecule has 0 saturated heterocycles. The topological polar surface area (TPSA) is 145 Å². The van der Waals surface area contributed by atoms with Crippen molar-refractivity contribution >= 4 is 16.0 Å². The Bertz CT molecular complexity index is 683. The molecule has 0 unspecified atom stereocenters. The molecule has 1 rings (SSSR count). The number of aromatic nitrogens is 1. The summed E-state index contributed by atoms with van der Waals surface area (Å²) in [5.41, 5.74) is 2.99. The van der Waals surface area contributed by atoms with Crippen molar-refractivity contribution in [2.45, 2.75) is 12.7 Å². The van der Waals surface area contributed by atoms with Gasteiger partial charge in [0.05, 0.1) is 15.9 Å². The van der Waals surface area contributed by atoms with E-state index in [0.29, 0.717) is 4.57 Å². The molecule has 1 aromatic rings. The maximum Gasteiger partial charge on any atom is 1.00 e. The van der Waals surface area contributed by atoms with Crippen LogP contribution in [0.25, 0.3) is 0 Å². The van der Waals surface area contributed by atoms with E-state index in [1.807, 2.05) is 0 Å². The number of carbonyl (C=O) groups excluding carboxylic acids is 1. The standard InChI is InChI=1S/C9H12N2O6S.2Na/c1-4-5(3-18(15,16)17)8(13)11(2)9(14)6(4)7(10)12;;/h13H,3H2,1-2H3,(H2,10,12)(H,15,16,17);;/q;2*+1/p-2. The summed E-state index contributed by atoms with van der Waals surface area (Å²) in [5, 5.41) is 11.7. The number of nitrogens with two attached hydrogens (primary N) is 1. The summed E-state index contributed by atoms with van der Waals surface area (Å²) in [6, 6.07) is 0. The SMILES string of the molecule is Cc1c(CS(=O)(=O)[O-])c([O-])n(C)c(=O)c1C(N)=O.[Na+].[Na+]. The molecule has 20 heavy (non-hydrogen) atoms. The number of carbonyl (C=O) groups is 1. The summed E-state index contributed by atoms with van der Waals surface area (Å²) in [4.78, 5) is 22.7. The van der Waals surface area contributed by atoms with E-state index in [2.05, 4.69) is 0 Å². The largest absolute Gasteiger partial charge is 1.00 e. The zero-order valence-electron chi connectivity index (χ0n) is 11.6. The Hall–Kier alpha value is 0.130. The Kier molecular flexibility index (Phi) is 8.90. The van der Waals surface area contributed by atoms with Crippen molar-refractivity contribution in [2.24, 2.45) is 12.8 Å². The van der Waals surface area contributed by atoms with Crippen LogP contribution in [0, 0.1) is 6.92 Å². The number of hydrogen-bond donors (Lipinski definition) is 1. The Morgan fingerprint density at radius 3 is 2.15 bits per heavy atom. The molecule has 0 aliphatic rings. The van der Waals surface area contributed by atoms with Crippen LogP contribution in [0.5, 0.6) is 5.88 Å². The van der Waals surface area contributed by atoms with E-state index in [9.17, 15) is 27.7 Å². The Balaban J connectivity index is 0. The van der Waals surface area contributed by atoms with Gasteiger partial charge in [0.25, 0.3) is 11.5 Å². The second-order valence-electron chi connectivity index (χ2n) is 3.71. The molecular weight excluding hydrogens is 310 g/mol. The molecule has 0 atom stereocenters. The quantitative estimate of drug-likeness (QED) is 0.432. The van der Waals surface area contributed by atoms with Gasteiger partial charge < -0.3 is 20.0 Å². The molecule has 0 aliphatic carbocycles. The van der Waals surface area contributed by atoms with Crippen LogP contribution in [0.4, 0.5) is 0 Å². The smallest absolute Gasteiger partial charge is 0.860 e. The van der Waals surface area contributed by atoms with Gasteiger partial charge in [0.15, 0.2) is 0 Å². The van der Waals surface area contributed by atoms with E-state index in [1.165, 1.54) is 6.92 Å². The van der Waals surface area contributed by atoms with E-state index in [4.69, 9.17) is 5.73 Å². The fourth-order valence-electron chi connectivity index (χ4n) is 1.57. The van der Waals surface area contributed by atoms with Gasteiger partial charge in [0, 0.05) is 7.05 Å². The minimum Gasteiger partial charge on any atom is -0.860 e. The van der Waals surface area contributed by atoms with Crippen LogP contribution in [0.3, 0.4) is 0 Å². The van der Waals surface area contributed by atoms with Crippen LogP contribution in [0.2, 0.25) is 0 Å². The van der Waals surface area contributed by atoms with Crippen LogP contribution >= 0.6 is 0 Å². The van der Waals surface area contributed by atoms with Gasteiger partial charge in [-0.15, -0.1) is 0 Å². The van der Waals surface area contributed by atoms with Crippen molar-refractivity contribution in [2.75, 3.05) is 0 Å². The molecule has 100 valence electrons. The summed E-state index contributed by atoms with van der Waals surface area (Å²) in [7, 11) is -3.64. The van der Waals surface area contributed by atoms with E-state index in [0.717, 1.165) is 7.05 Å². The van der Waals surface area contributed by atoms with Crippen LogP contribution in [0.1, 0.15) is 21.5 Å². The maximum atomic E-state index is 11.7. The number of primary amides is 1. The molecular formula is C9H10N2Na2O6S. The fourth-order valence-corrected chi connectivity index (χ4v) is 2.26. The Morgan fingerprint density at radius 1 is 1.35 bits per heavy atom. The molecule has 1 aromatic heterocycles. The van der Waals surface area contributed by atoms with Crippen molar-refractivity contribution < 1.29 is 82.0 Å². The van der Waals surface area contributed by atoms with Crippen molar-refractivity contribution in [1.82, 2.24) is 4.57 Å². The van der Waals surface area contributed by atoms with Gasteiger partial charge in [0.1, 0.15) is 5.56 Å². The molecule has 2 N–H and O–H groups in total. The number of hydrogen-bond acceptors (Lipinski definition) is 6. The summed E-state index contributed by atoms with van der Waals surface area (Å²) in [5.74, 6) is -3.11. The minimum absolute atomic E-state index is 0. The fraction of sp³-hybridized carbons (Fsp3) is 0.333. The van der Waals surface area contributed by atoms with Crippen LogP contribution in [-0.4, -0.2) is 23.4 Å². The molecule has 11 heteroatoms. The Morgan fingerprint density at radius 2 is 1.80 bits per heavy atom. The van der Waals surface area contributed by atoms with Gasteiger partial charge in [-0.05, 0) is 23.9 Å². The third kappa shape index (κ3) is 4.85. The van der Waals surface area contributed by atoms with Gasteiger partial charge in [-0.25, -0.2) is 8.42 Å². The summed E-state index contributed by atoms with van der Waals surface area (Å²) in [6.45, 7) is 1.20. The molecule has 8 nitrogen and oxygen atoms in total. The molecule has 0 aromatic carbocycles. The molecule has 0 bridgehead atoms. The van der Waals surface area contributed by atoms with E-state index in [1.54, 1.807) is 0 Å². The zero-order chi connectivity index (χ0) is 14.2. The summed E-state index contributed by atoms with van der Waals surface area (Å²) in [6.07, 6.45) is 0. The number of nitrogens with zero attached hydrogens (tertiary/aromatic N) is 1. The van der Waals surface area contributed by atoms with Crippen molar-refractivity contribution in [3.63, 3.8) is 0 Å². The van der Waals surface area contributed by atoms with Gasteiger partial charge in [-0.1, -0.05) is 0 Å². The van der Waals surface area contributed by atoms with Crippen LogP contribution in [-0.2, 0) is 22.9 Å². The molecule has 0 saturated carbocycles. The third-order valence-electron chi connectivity index (χ3n) is 2.48. The van der Waals surface area contributed by atoms with Crippen LogP contribution < -0.4 is 75.5 Å². The first-order valence-electron chi connectivity index (χ1n) is 4.69.